The number of aliphatic carboxylic acids is 1. The average Bonchev–Trinajstić information content (AvgIpc) is 3.43. The molecule has 3 amide bonds. The summed E-state index contributed by atoms with van der Waals surface area (Å²) in [5.74, 6) is -3.32. The number of carboxylic acids is 1. The summed E-state index contributed by atoms with van der Waals surface area (Å²) < 4.78 is 0. The number of phenols is 1. The molecule has 4 atom stereocenters. The first-order valence-corrected chi connectivity index (χ1v) is 13.6. The zero-order valence-electron chi connectivity index (χ0n) is 23.7. The van der Waals surface area contributed by atoms with Crippen molar-refractivity contribution in [2.24, 2.45) is 28.1 Å². The Morgan fingerprint density at radius 2 is 1.57 bits per heavy atom. The molecule has 1 aromatic carbocycles. The highest BCUT2D eigenvalue weighted by Gasteiger charge is 2.31. The zero-order valence-corrected chi connectivity index (χ0v) is 23.7. The Labute approximate surface area is 243 Å². The standard InChI is InChI=1S/C27H41N9O6/c1-15(2)10-21(25(40)36-22(26(41)42)11-16-5-7-18(37)8-6-16)35-24(39)20(4-3-9-32-27(29)30)34-23(38)19(28)12-17-13-31-14-33-17/h5-8,13-15,19-22,37H,3-4,9-12,28H2,1-2H3,(H,31,33)(H,34,38)(H,35,39)(H,36,40)(H,41,42)(H4,29,30,32). The van der Waals surface area contributed by atoms with Crippen molar-refractivity contribution in [1.82, 2.24) is 25.9 Å². The highest BCUT2D eigenvalue weighted by Crippen LogP contribution is 2.13. The lowest BCUT2D eigenvalue weighted by molar-refractivity contribution is -0.142. The molecule has 0 radical (unpaired) electrons. The number of H-pyrrole nitrogens is 1. The minimum absolute atomic E-state index is 0.0246. The van der Waals surface area contributed by atoms with Crippen LogP contribution in [-0.2, 0) is 32.0 Å². The van der Waals surface area contributed by atoms with Crippen LogP contribution in [0.3, 0.4) is 0 Å². The molecule has 4 unspecified atom stereocenters. The van der Waals surface area contributed by atoms with Crippen LogP contribution in [0.5, 0.6) is 5.75 Å². The van der Waals surface area contributed by atoms with Crippen LogP contribution in [0.1, 0.15) is 44.4 Å². The summed E-state index contributed by atoms with van der Waals surface area (Å²) in [6.07, 6.45) is 3.79. The molecule has 230 valence electrons. The number of carbonyl (C=O) groups is 4. The van der Waals surface area contributed by atoms with Crippen molar-refractivity contribution >= 4 is 29.7 Å². The number of nitrogens with one attached hydrogen (secondary N) is 4. The van der Waals surface area contributed by atoms with E-state index < -0.39 is 47.9 Å². The molecule has 0 fully saturated rings. The fourth-order valence-electron chi connectivity index (χ4n) is 4.09. The number of aromatic hydroxyl groups is 1. The molecule has 0 saturated heterocycles. The third-order valence-corrected chi connectivity index (χ3v) is 6.24. The minimum Gasteiger partial charge on any atom is -0.508 e. The van der Waals surface area contributed by atoms with Crippen LogP contribution in [0.4, 0.5) is 0 Å². The van der Waals surface area contributed by atoms with Crippen LogP contribution >= 0.6 is 0 Å². The molecule has 1 aromatic heterocycles. The monoisotopic (exact) mass is 587 g/mol. The van der Waals surface area contributed by atoms with Gasteiger partial charge in [0.1, 0.15) is 23.9 Å². The van der Waals surface area contributed by atoms with Crippen molar-refractivity contribution in [3.05, 3.63) is 48.0 Å². The highest BCUT2D eigenvalue weighted by molar-refractivity contribution is 5.94. The Morgan fingerprint density at radius 3 is 2.14 bits per heavy atom. The highest BCUT2D eigenvalue weighted by atomic mass is 16.4. The molecule has 0 bridgehead atoms. The normalized spacial score (nSPS) is 13.8. The van der Waals surface area contributed by atoms with Crippen molar-refractivity contribution in [1.29, 1.82) is 0 Å². The number of aromatic amines is 1. The van der Waals surface area contributed by atoms with E-state index >= 15 is 0 Å². The van der Waals surface area contributed by atoms with Gasteiger partial charge in [0.15, 0.2) is 5.96 Å². The second-order valence-electron chi connectivity index (χ2n) is 10.4. The van der Waals surface area contributed by atoms with Gasteiger partial charge in [0.25, 0.3) is 0 Å². The predicted octanol–water partition coefficient (Wildman–Crippen LogP) is -1.13. The molecule has 2 rings (SSSR count). The van der Waals surface area contributed by atoms with Crippen LogP contribution in [0.2, 0.25) is 0 Å². The fourth-order valence-corrected chi connectivity index (χ4v) is 4.09. The quantitative estimate of drug-likeness (QED) is 0.0610. The maximum absolute atomic E-state index is 13.4. The number of amides is 3. The van der Waals surface area contributed by atoms with Crippen molar-refractivity contribution in [2.75, 3.05) is 6.54 Å². The number of benzene rings is 1. The first kappa shape index (κ1) is 33.5. The molecular weight excluding hydrogens is 546 g/mol. The minimum atomic E-state index is -1.29. The van der Waals surface area contributed by atoms with Gasteiger partial charge in [-0.1, -0.05) is 26.0 Å². The molecule has 2 aromatic rings. The van der Waals surface area contributed by atoms with Gasteiger partial charge < -0.3 is 48.3 Å². The van der Waals surface area contributed by atoms with Gasteiger partial charge in [-0.15, -0.1) is 0 Å². The van der Waals surface area contributed by atoms with E-state index in [2.05, 4.69) is 30.9 Å². The van der Waals surface area contributed by atoms with Gasteiger partial charge in [-0.05, 0) is 42.9 Å². The Bertz CT molecular complexity index is 1200. The van der Waals surface area contributed by atoms with E-state index in [-0.39, 0.29) is 49.9 Å². The third kappa shape index (κ3) is 11.8. The maximum Gasteiger partial charge on any atom is 0.326 e. The number of carboxylic acid groups (broad SMARTS) is 1. The smallest absolute Gasteiger partial charge is 0.326 e. The third-order valence-electron chi connectivity index (χ3n) is 6.24. The van der Waals surface area contributed by atoms with E-state index in [1.165, 1.54) is 24.7 Å². The maximum atomic E-state index is 13.4. The number of nitrogens with zero attached hydrogens (tertiary/aromatic N) is 2. The molecule has 12 N–H and O–H groups in total. The zero-order chi connectivity index (χ0) is 31.2. The first-order chi connectivity index (χ1) is 19.8. The Hall–Kier alpha value is -4.66. The largest absolute Gasteiger partial charge is 0.508 e. The van der Waals surface area contributed by atoms with E-state index in [1.807, 2.05) is 13.8 Å². The fraction of sp³-hybridized carbons (Fsp3) is 0.481. The molecule has 0 aliphatic carbocycles. The van der Waals surface area contributed by atoms with E-state index in [9.17, 15) is 29.4 Å². The van der Waals surface area contributed by atoms with Crippen LogP contribution in [0.15, 0.2) is 41.8 Å². The van der Waals surface area contributed by atoms with Gasteiger partial charge in [0.2, 0.25) is 17.7 Å². The number of hydrogen-bond donors (Lipinski definition) is 9. The Balaban J connectivity index is 2.16. The van der Waals surface area contributed by atoms with Crippen LogP contribution < -0.4 is 33.2 Å². The Morgan fingerprint density at radius 1 is 0.952 bits per heavy atom. The van der Waals surface area contributed by atoms with Crippen LogP contribution in [0.25, 0.3) is 0 Å². The molecule has 15 nitrogen and oxygen atoms in total. The molecular formula is C27H41N9O6. The summed E-state index contributed by atoms with van der Waals surface area (Å²) in [6, 6.07) is 1.51. The summed E-state index contributed by atoms with van der Waals surface area (Å²) in [7, 11) is 0. The average molecular weight is 588 g/mol. The molecule has 0 spiro atoms. The molecule has 1 heterocycles. The number of hydrogen-bond acceptors (Lipinski definition) is 8. The number of aliphatic imine (C=N–C) groups is 1. The van der Waals surface area contributed by atoms with Gasteiger partial charge in [-0.3, -0.25) is 19.4 Å². The lowest BCUT2D eigenvalue weighted by Crippen LogP contribution is -2.57. The lowest BCUT2D eigenvalue weighted by Gasteiger charge is -2.26. The number of aromatic nitrogens is 2. The van der Waals surface area contributed by atoms with Crippen LogP contribution in [-0.4, -0.2) is 80.5 Å². The van der Waals surface area contributed by atoms with Gasteiger partial charge in [0, 0.05) is 31.3 Å². The van der Waals surface area contributed by atoms with Gasteiger partial charge in [-0.25, -0.2) is 9.78 Å². The molecule has 15 heteroatoms. The first-order valence-electron chi connectivity index (χ1n) is 13.6. The van der Waals surface area contributed by atoms with E-state index in [4.69, 9.17) is 17.2 Å². The summed E-state index contributed by atoms with van der Waals surface area (Å²) in [6.45, 7) is 3.90. The molecule has 0 saturated carbocycles. The topological polar surface area (TPSA) is 264 Å². The van der Waals surface area contributed by atoms with Crippen molar-refractivity contribution in [3.8, 4) is 5.75 Å². The second-order valence-corrected chi connectivity index (χ2v) is 10.4. The summed E-state index contributed by atoms with van der Waals surface area (Å²) in [4.78, 5) is 62.1. The summed E-state index contributed by atoms with van der Waals surface area (Å²) >= 11 is 0. The lowest BCUT2D eigenvalue weighted by atomic mass is 10.0. The number of imidazole rings is 1. The number of guanidine groups is 1. The van der Waals surface area contributed by atoms with Crippen molar-refractivity contribution in [3.63, 3.8) is 0 Å². The van der Waals surface area contributed by atoms with E-state index in [0.29, 0.717) is 17.7 Å². The van der Waals surface area contributed by atoms with Crippen LogP contribution in [0, 0.1) is 5.92 Å². The summed E-state index contributed by atoms with van der Waals surface area (Å²) in [5, 5.41) is 27.0. The van der Waals surface area contributed by atoms with Crippen molar-refractivity contribution < 1.29 is 29.4 Å². The number of nitrogens with two attached hydrogens (primary N) is 3. The van der Waals surface area contributed by atoms with Gasteiger partial charge in [-0.2, -0.15) is 0 Å². The van der Waals surface area contributed by atoms with Gasteiger partial charge >= 0.3 is 5.97 Å². The molecule has 42 heavy (non-hydrogen) atoms. The van der Waals surface area contributed by atoms with Crippen molar-refractivity contribution in [2.45, 2.75) is 70.1 Å². The SMILES string of the molecule is CC(C)CC(NC(=O)C(CCCN=C(N)N)NC(=O)C(N)Cc1cnc[nH]1)C(=O)NC(Cc1ccc(O)cc1)C(=O)O. The van der Waals surface area contributed by atoms with Gasteiger partial charge in [0.05, 0.1) is 12.4 Å². The Kier molecular flexibility index (Phi) is 13.2. The summed E-state index contributed by atoms with van der Waals surface area (Å²) in [5.41, 5.74) is 18.0. The predicted molar refractivity (Wildman–Crippen MR) is 155 cm³/mol. The number of phenolic OH excluding ortho intramolecular Hbond substituents is 1. The molecule has 0 aliphatic rings. The van der Waals surface area contributed by atoms with E-state index in [0.717, 1.165) is 0 Å². The number of carbonyl (C=O) groups excluding carboxylic acids is 3. The molecule has 0 aliphatic heterocycles. The van der Waals surface area contributed by atoms with E-state index in [1.54, 1.807) is 12.1 Å². The number of rotatable bonds is 17. The second kappa shape index (κ2) is 16.6.